The van der Waals surface area contributed by atoms with Crippen LogP contribution in [-0.4, -0.2) is 50.3 Å². The molecule has 3 nitrogen and oxygen atoms in total. The van der Waals surface area contributed by atoms with Gasteiger partial charge in [0, 0.05) is 12.6 Å². The molecule has 0 amide bonds. The number of nitrogens with one attached hydrogen (secondary N) is 1. The summed E-state index contributed by atoms with van der Waals surface area (Å²) in [6.45, 7) is 4.63. The number of ether oxygens (including phenoxy) is 1. The van der Waals surface area contributed by atoms with E-state index in [4.69, 9.17) is 4.74 Å². The molecule has 0 saturated carbocycles. The molecule has 0 radical (unpaired) electrons. The fourth-order valence-electron chi connectivity index (χ4n) is 2.87. The maximum absolute atomic E-state index is 5.65. The topological polar surface area (TPSA) is 24.5 Å². The third-order valence-electron chi connectivity index (χ3n) is 3.99. The fraction of sp³-hybridized carbons (Fsp3) is 1.00. The minimum absolute atomic E-state index is 0.571. The Bertz CT molecular complexity index is 186. The molecule has 0 aromatic carbocycles. The van der Waals surface area contributed by atoms with Gasteiger partial charge in [-0.05, 0) is 65.2 Å². The van der Waals surface area contributed by atoms with Gasteiger partial charge in [-0.2, -0.15) is 0 Å². The molecule has 1 atom stereocenters. The van der Waals surface area contributed by atoms with Crippen LogP contribution in [0.15, 0.2) is 0 Å². The lowest BCUT2D eigenvalue weighted by Gasteiger charge is -2.31. The van der Waals surface area contributed by atoms with Gasteiger partial charge in [-0.25, -0.2) is 0 Å². The Balaban J connectivity index is 1.57. The zero-order valence-corrected chi connectivity index (χ0v) is 10.6. The highest BCUT2D eigenvalue weighted by Gasteiger charge is 2.19. The van der Waals surface area contributed by atoms with Crippen LogP contribution in [0.3, 0.4) is 0 Å². The molecule has 2 saturated heterocycles. The molecule has 2 aliphatic heterocycles. The standard InChI is InChI=1S/C13H26N2O/c1-15(12-6-8-14-9-7-12)10-2-4-13-5-3-11-16-13/h12-14H,2-11H2,1H3. The van der Waals surface area contributed by atoms with E-state index < -0.39 is 0 Å². The summed E-state index contributed by atoms with van der Waals surface area (Å²) in [5, 5.41) is 3.42. The molecule has 2 aliphatic rings. The van der Waals surface area contributed by atoms with Crippen molar-refractivity contribution in [3.63, 3.8) is 0 Å². The molecule has 94 valence electrons. The maximum Gasteiger partial charge on any atom is 0.0576 e. The summed E-state index contributed by atoms with van der Waals surface area (Å²) in [5.41, 5.74) is 0. The van der Waals surface area contributed by atoms with Crippen molar-refractivity contribution in [3.8, 4) is 0 Å². The van der Waals surface area contributed by atoms with Crippen molar-refractivity contribution < 1.29 is 4.74 Å². The summed E-state index contributed by atoms with van der Waals surface area (Å²) in [5.74, 6) is 0. The van der Waals surface area contributed by atoms with Crippen LogP contribution in [0.1, 0.15) is 38.5 Å². The third kappa shape index (κ3) is 3.72. The average Bonchev–Trinajstić information content (AvgIpc) is 2.83. The average molecular weight is 226 g/mol. The Labute approximate surface area is 99.5 Å². The molecule has 2 rings (SSSR count). The van der Waals surface area contributed by atoms with Crippen molar-refractivity contribution >= 4 is 0 Å². The Hall–Kier alpha value is -0.120. The van der Waals surface area contributed by atoms with Gasteiger partial charge >= 0.3 is 0 Å². The summed E-state index contributed by atoms with van der Waals surface area (Å²) in [6, 6.07) is 0.811. The van der Waals surface area contributed by atoms with Crippen LogP contribution < -0.4 is 5.32 Å². The number of hydrogen-bond donors (Lipinski definition) is 1. The van der Waals surface area contributed by atoms with E-state index in [0.29, 0.717) is 6.10 Å². The van der Waals surface area contributed by atoms with Crippen LogP contribution in [-0.2, 0) is 4.74 Å². The van der Waals surface area contributed by atoms with Crippen molar-refractivity contribution in [2.75, 3.05) is 33.3 Å². The van der Waals surface area contributed by atoms with E-state index in [1.54, 1.807) is 0 Å². The first-order chi connectivity index (χ1) is 7.86. The number of piperidine rings is 1. The van der Waals surface area contributed by atoms with Crippen LogP contribution >= 0.6 is 0 Å². The lowest BCUT2D eigenvalue weighted by molar-refractivity contribution is 0.0966. The molecule has 0 bridgehead atoms. The van der Waals surface area contributed by atoms with Gasteiger partial charge < -0.3 is 15.0 Å². The zero-order chi connectivity index (χ0) is 11.2. The van der Waals surface area contributed by atoms with Crippen LogP contribution in [0.25, 0.3) is 0 Å². The predicted octanol–water partition coefficient (Wildman–Crippen LogP) is 1.63. The number of hydrogen-bond acceptors (Lipinski definition) is 3. The molecule has 2 heterocycles. The first kappa shape index (κ1) is 12.3. The van der Waals surface area contributed by atoms with Gasteiger partial charge in [0.2, 0.25) is 0 Å². The van der Waals surface area contributed by atoms with Crippen molar-refractivity contribution in [2.24, 2.45) is 0 Å². The molecule has 0 spiro atoms. The summed E-state index contributed by atoms with van der Waals surface area (Å²) < 4.78 is 5.65. The van der Waals surface area contributed by atoms with Crippen LogP contribution in [0.4, 0.5) is 0 Å². The second-order valence-electron chi connectivity index (χ2n) is 5.24. The van der Waals surface area contributed by atoms with E-state index >= 15 is 0 Å². The minimum Gasteiger partial charge on any atom is -0.378 e. The normalized spacial score (nSPS) is 27.8. The lowest BCUT2D eigenvalue weighted by atomic mass is 10.0. The monoisotopic (exact) mass is 226 g/mol. The van der Waals surface area contributed by atoms with E-state index in [9.17, 15) is 0 Å². The van der Waals surface area contributed by atoms with Gasteiger partial charge in [0.1, 0.15) is 0 Å². The van der Waals surface area contributed by atoms with Crippen LogP contribution in [0.2, 0.25) is 0 Å². The molecule has 3 heteroatoms. The molecule has 0 aromatic heterocycles. The van der Waals surface area contributed by atoms with E-state index in [2.05, 4.69) is 17.3 Å². The van der Waals surface area contributed by atoms with Crippen molar-refractivity contribution in [3.05, 3.63) is 0 Å². The first-order valence-electron chi connectivity index (χ1n) is 6.89. The van der Waals surface area contributed by atoms with E-state index in [0.717, 1.165) is 12.6 Å². The molecular weight excluding hydrogens is 200 g/mol. The van der Waals surface area contributed by atoms with Crippen molar-refractivity contribution in [2.45, 2.75) is 50.7 Å². The lowest BCUT2D eigenvalue weighted by Crippen LogP contribution is -2.41. The van der Waals surface area contributed by atoms with Gasteiger partial charge in [0.15, 0.2) is 0 Å². The van der Waals surface area contributed by atoms with Crippen LogP contribution in [0.5, 0.6) is 0 Å². The summed E-state index contributed by atoms with van der Waals surface area (Å²) in [6.07, 6.45) is 8.32. The van der Waals surface area contributed by atoms with Gasteiger partial charge in [0.25, 0.3) is 0 Å². The summed E-state index contributed by atoms with van der Waals surface area (Å²) >= 11 is 0. The first-order valence-corrected chi connectivity index (χ1v) is 6.89. The summed E-state index contributed by atoms with van der Waals surface area (Å²) in [4.78, 5) is 2.55. The Morgan fingerprint density at radius 3 is 2.75 bits per heavy atom. The molecule has 0 aromatic rings. The molecule has 2 fully saturated rings. The molecule has 0 aliphatic carbocycles. The largest absolute Gasteiger partial charge is 0.378 e. The SMILES string of the molecule is CN(CCCC1CCCO1)C1CCNCC1. The van der Waals surface area contributed by atoms with Gasteiger partial charge in [-0.15, -0.1) is 0 Å². The highest BCUT2D eigenvalue weighted by Crippen LogP contribution is 2.17. The molecule has 1 unspecified atom stereocenters. The van der Waals surface area contributed by atoms with Gasteiger partial charge in [-0.3, -0.25) is 0 Å². The highest BCUT2D eigenvalue weighted by molar-refractivity contribution is 4.76. The molecular formula is C13H26N2O. The van der Waals surface area contributed by atoms with Gasteiger partial charge in [0.05, 0.1) is 6.10 Å². The second-order valence-corrected chi connectivity index (χ2v) is 5.24. The number of rotatable bonds is 5. The Morgan fingerprint density at radius 2 is 2.06 bits per heavy atom. The van der Waals surface area contributed by atoms with Gasteiger partial charge in [-0.1, -0.05) is 0 Å². The molecule has 1 N–H and O–H groups in total. The summed E-state index contributed by atoms with van der Waals surface area (Å²) in [7, 11) is 2.28. The Morgan fingerprint density at radius 1 is 1.25 bits per heavy atom. The highest BCUT2D eigenvalue weighted by atomic mass is 16.5. The minimum atomic E-state index is 0.571. The number of nitrogens with zero attached hydrogens (tertiary/aromatic N) is 1. The van der Waals surface area contributed by atoms with Crippen molar-refractivity contribution in [1.29, 1.82) is 0 Å². The van der Waals surface area contributed by atoms with E-state index in [-0.39, 0.29) is 0 Å². The fourth-order valence-corrected chi connectivity index (χ4v) is 2.87. The second kappa shape index (κ2) is 6.58. The Kier molecular flexibility index (Phi) is 5.07. The molecule has 16 heavy (non-hydrogen) atoms. The third-order valence-corrected chi connectivity index (χ3v) is 3.99. The zero-order valence-electron chi connectivity index (χ0n) is 10.6. The van der Waals surface area contributed by atoms with E-state index in [1.807, 2.05) is 0 Å². The predicted molar refractivity (Wildman–Crippen MR) is 66.7 cm³/mol. The quantitative estimate of drug-likeness (QED) is 0.771. The smallest absolute Gasteiger partial charge is 0.0576 e. The maximum atomic E-state index is 5.65. The van der Waals surface area contributed by atoms with E-state index in [1.165, 1.54) is 58.2 Å². The van der Waals surface area contributed by atoms with Crippen LogP contribution in [0, 0.1) is 0 Å². The van der Waals surface area contributed by atoms with Crippen molar-refractivity contribution in [1.82, 2.24) is 10.2 Å².